The monoisotopic (exact) mass is 553 g/mol. The highest BCUT2D eigenvalue weighted by molar-refractivity contribution is 5.72. The summed E-state index contributed by atoms with van der Waals surface area (Å²) in [6.07, 6.45) is 16.9. The standard InChI is InChI=1S/C35H55NO4/c1-7-8-9-10-32(38)39-26-15-17-34(5)25(19-26)12-13-27-28(34)16-18-35(6)29(27)20-31-33(35)23(3)30(40-31)14-11-22(2)21-36-24(4)37/h12,22,26-29,31,33H,7-11,13-21H2,1-6H3,(H,36,37)/t22-,26+,27-,28+,29-,31-,33+,34+,35+/m1/s1. The van der Waals surface area contributed by atoms with E-state index in [0.717, 1.165) is 75.7 Å². The van der Waals surface area contributed by atoms with Gasteiger partial charge in [-0.15, -0.1) is 0 Å². The zero-order valence-electron chi connectivity index (χ0n) is 26.2. The molecule has 1 aliphatic heterocycles. The molecule has 0 aromatic carbocycles. The third-order valence-electron chi connectivity index (χ3n) is 12.1. The molecule has 0 radical (unpaired) electrons. The summed E-state index contributed by atoms with van der Waals surface area (Å²) >= 11 is 0. The molecule has 0 bridgehead atoms. The van der Waals surface area contributed by atoms with Gasteiger partial charge in [-0.25, -0.2) is 0 Å². The van der Waals surface area contributed by atoms with Crippen LogP contribution in [0.1, 0.15) is 125 Å². The van der Waals surface area contributed by atoms with Gasteiger partial charge in [0.1, 0.15) is 12.2 Å². The SMILES string of the molecule is CCCCCC(=O)O[C@H]1CC[C@@]2(C)C(=CC[C@H]3[C@H]4C[C@H]5OC(CC[C@@H](C)CNC(C)=O)=C(C)[C@@H]5[C@@]4(C)CC[C@@H]32)C1. The minimum atomic E-state index is 0.00671. The third kappa shape index (κ3) is 5.52. The average molecular weight is 554 g/mol. The van der Waals surface area contributed by atoms with Gasteiger partial charge < -0.3 is 14.8 Å². The lowest BCUT2D eigenvalue weighted by molar-refractivity contribution is -0.151. The minimum absolute atomic E-state index is 0.00671. The molecule has 1 heterocycles. The highest BCUT2D eigenvalue weighted by Crippen LogP contribution is 2.69. The topological polar surface area (TPSA) is 64.6 Å². The number of allylic oxidation sites excluding steroid dienone is 2. The number of ether oxygens (including phenoxy) is 2. The molecule has 9 atom stereocenters. The Morgan fingerprint density at radius 2 is 1.98 bits per heavy atom. The van der Waals surface area contributed by atoms with Crippen molar-refractivity contribution in [1.82, 2.24) is 5.32 Å². The molecule has 3 saturated carbocycles. The van der Waals surface area contributed by atoms with Gasteiger partial charge in [-0.05, 0) is 98.4 Å². The second kappa shape index (κ2) is 11.8. The van der Waals surface area contributed by atoms with Gasteiger partial charge in [-0.2, -0.15) is 0 Å². The maximum atomic E-state index is 12.4. The summed E-state index contributed by atoms with van der Waals surface area (Å²) in [5.41, 5.74) is 3.68. The molecule has 4 aliphatic carbocycles. The largest absolute Gasteiger partial charge is 0.494 e. The van der Waals surface area contributed by atoms with Crippen LogP contribution in [0.2, 0.25) is 0 Å². The lowest BCUT2D eigenvalue weighted by Crippen LogP contribution is -2.50. The summed E-state index contributed by atoms with van der Waals surface area (Å²) in [4.78, 5) is 23.7. The van der Waals surface area contributed by atoms with Crippen LogP contribution in [0.3, 0.4) is 0 Å². The number of hydrogen-bond acceptors (Lipinski definition) is 4. The Morgan fingerprint density at radius 3 is 2.73 bits per heavy atom. The third-order valence-corrected chi connectivity index (χ3v) is 12.1. The van der Waals surface area contributed by atoms with Gasteiger partial charge in [0.25, 0.3) is 0 Å². The average Bonchev–Trinajstić information content (AvgIpc) is 3.39. The van der Waals surface area contributed by atoms with Crippen LogP contribution in [-0.4, -0.2) is 30.6 Å². The smallest absolute Gasteiger partial charge is 0.306 e. The first kappa shape index (κ1) is 29.7. The molecule has 5 aliphatic rings. The van der Waals surface area contributed by atoms with Gasteiger partial charge in [0, 0.05) is 38.6 Å². The maximum Gasteiger partial charge on any atom is 0.306 e. The van der Waals surface area contributed by atoms with E-state index in [9.17, 15) is 9.59 Å². The van der Waals surface area contributed by atoms with E-state index in [4.69, 9.17) is 9.47 Å². The lowest BCUT2D eigenvalue weighted by Gasteiger charge is -2.58. The van der Waals surface area contributed by atoms with Gasteiger partial charge in [0.15, 0.2) is 0 Å². The van der Waals surface area contributed by atoms with Crippen LogP contribution in [0.4, 0.5) is 0 Å². The Balaban J connectivity index is 1.23. The fourth-order valence-electron chi connectivity index (χ4n) is 9.87. The summed E-state index contributed by atoms with van der Waals surface area (Å²) in [5, 5.41) is 2.96. The fraction of sp³-hybridized carbons (Fsp3) is 0.829. The van der Waals surface area contributed by atoms with Gasteiger partial charge >= 0.3 is 5.97 Å². The molecule has 3 fully saturated rings. The van der Waals surface area contributed by atoms with Crippen LogP contribution >= 0.6 is 0 Å². The second-order valence-corrected chi connectivity index (χ2v) is 14.7. The molecule has 1 N–H and O–H groups in total. The van der Waals surface area contributed by atoms with Crippen LogP contribution in [0, 0.1) is 40.4 Å². The van der Waals surface area contributed by atoms with Crippen molar-refractivity contribution in [3.8, 4) is 0 Å². The Kier molecular flexibility index (Phi) is 8.79. The zero-order chi connectivity index (χ0) is 28.7. The quantitative estimate of drug-likeness (QED) is 0.170. The molecule has 0 saturated heterocycles. The molecular formula is C35H55NO4. The molecule has 0 aromatic rings. The Hall–Kier alpha value is -1.78. The van der Waals surface area contributed by atoms with E-state index >= 15 is 0 Å². The highest BCUT2D eigenvalue weighted by Gasteiger charge is 2.63. The lowest BCUT2D eigenvalue weighted by atomic mass is 9.47. The summed E-state index contributed by atoms with van der Waals surface area (Å²) in [7, 11) is 0. The number of amides is 1. The molecule has 224 valence electrons. The number of esters is 1. The molecule has 5 rings (SSSR count). The molecule has 0 unspecified atom stereocenters. The summed E-state index contributed by atoms with van der Waals surface area (Å²) in [6, 6.07) is 0. The van der Waals surface area contributed by atoms with Gasteiger partial charge in [-0.3, -0.25) is 9.59 Å². The Labute approximate surface area is 243 Å². The number of rotatable bonds is 10. The van der Waals surface area contributed by atoms with Crippen molar-refractivity contribution in [2.75, 3.05) is 6.54 Å². The predicted molar refractivity (Wildman–Crippen MR) is 159 cm³/mol. The van der Waals surface area contributed by atoms with Crippen molar-refractivity contribution in [3.05, 3.63) is 23.0 Å². The summed E-state index contributed by atoms with van der Waals surface area (Å²) < 4.78 is 12.7. The van der Waals surface area contributed by atoms with Crippen molar-refractivity contribution in [2.45, 2.75) is 137 Å². The minimum Gasteiger partial charge on any atom is -0.494 e. The van der Waals surface area contributed by atoms with Crippen molar-refractivity contribution >= 4 is 11.9 Å². The number of carbonyl (C=O) groups is 2. The van der Waals surface area contributed by atoms with Gasteiger partial charge in [0.2, 0.25) is 5.91 Å². The van der Waals surface area contributed by atoms with Crippen LogP contribution in [-0.2, 0) is 19.1 Å². The molecule has 5 heteroatoms. The number of hydrogen-bond donors (Lipinski definition) is 1. The van der Waals surface area contributed by atoms with E-state index in [2.05, 4.69) is 46.0 Å². The first-order valence-electron chi connectivity index (χ1n) is 16.6. The summed E-state index contributed by atoms with van der Waals surface area (Å²) in [5.74, 6) is 4.51. The van der Waals surface area contributed by atoms with Gasteiger partial charge in [0.05, 0.1) is 5.76 Å². The molecule has 1 amide bonds. The predicted octanol–water partition coefficient (Wildman–Crippen LogP) is 7.89. The van der Waals surface area contributed by atoms with E-state index in [0.29, 0.717) is 29.8 Å². The van der Waals surface area contributed by atoms with E-state index in [-0.39, 0.29) is 23.4 Å². The van der Waals surface area contributed by atoms with Crippen LogP contribution < -0.4 is 5.32 Å². The van der Waals surface area contributed by atoms with Crippen molar-refractivity contribution < 1.29 is 19.1 Å². The maximum absolute atomic E-state index is 12.4. The van der Waals surface area contributed by atoms with Crippen molar-refractivity contribution in [3.63, 3.8) is 0 Å². The molecular weight excluding hydrogens is 498 g/mol. The Bertz CT molecular complexity index is 1030. The summed E-state index contributed by atoms with van der Waals surface area (Å²) in [6.45, 7) is 14.2. The molecule has 0 aromatic heterocycles. The first-order chi connectivity index (χ1) is 19.1. The number of carbonyl (C=O) groups excluding carboxylic acids is 2. The van der Waals surface area contributed by atoms with Crippen LogP contribution in [0.15, 0.2) is 23.0 Å². The fourth-order valence-corrected chi connectivity index (χ4v) is 9.87. The number of fused-ring (bicyclic) bond motifs is 7. The van der Waals surface area contributed by atoms with Crippen LogP contribution in [0.25, 0.3) is 0 Å². The van der Waals surface area contributed by atoms with Gasteiger partial charge in [-0.1, -0.05) is 52.2 Å². The molecule has 40 heavy (non-hydrogen) atoms. The van der Waals surface area contributed by atoms with E-state index in [1.54, 1.807) is 12.5 Å². The molecule has 0 spiro atoms. The Morgan fingerprint density at radius 1 is 1.18 bits per heavy atom. The number of nitrogens with one attached hydrogen (secondary N) is 1. The van der Waals surface area contributed by atoms with E-state index < -0.39 is 0 Å². The number of unbranched alkanes of at least 4 members (excludes halogenated alkanes) is 2. The van der Waals surface area contributed by atoms with Crippen molar-refractivity contribution in [2.24, 2.45) is 40.4 Å². The highest BCUT2D eigenvalue weighted by atomic mass is 16.5. The zero-order valence-corrected chi connectivity index (χ0v) is 26.2. The van der Waals surface area contributed by atoms with Crippen LogP contribution in [0.5, 0.6) is 0 Å². The van der Waals surface area contributed by atoms with Crippen molar-refractivity contribution in [1.29, 1.82) is 0 Å². The first-order valence-corrected chi connectivity index (χ1v) is 16.6. The molecule has 5 nitrogen and oxygen atoms in total. The second-order valence-electron chi connectivity index (χ2n) is 14.7. The normalized spacial score (nSPS) is 38.8. The van der Waals surface area contributed by atoms with E-state index in [1.807, 2.05) is 0 Å². The van der Waals surface area contributed by atoms with E-state index in [1.165, 1.54) is 37.0 Å².